The number of anilines is 1. The fraction of sp³-hybridized carbons (Fsp3) is 0.190. The van der Waals surface area contributed by atoms with Gasteiger partial charge in [-0.15, -0.1) is 11.3 Å². The quantitative estimate of drug-likeness (QED) is 0.705. The lowest BCUT2D eigenvalue weighted by molar-refractivity contribution is 0.0963. The van der Waals surface area contributed by atoms with E-state index in [-0.39, 0.29) is 11.8 Å². The first kappa shape index (κ1) is 18.8. The van der Waals surface area contributed by atoms with Crippen molar-refractivity contribution in [2.24, 2.45) is 0 Å². The zero-order valence-electron chi connectivity index (χ0n) is 15.5. The van der Waals surface area contributed by atoms with Crippen molar-refractivity contribution in [1.29, 1.82) is 0 Å². The van der Waals surface area contributed by atoms with Crippen molar-refractivity contribution in [3.8, 4) is 0 Å². The Labute approximate surface area is 162 Å². The number of nitrogens with one attached hydrogen (secondary N) is 2. The van der Waals surface area contributed by atoms with Crippen LogP contribution in [-0.4, -0.2) is 23.8 Å². The van der Waals surface area contributed by atoms with E-state index in [0.717, 1.165) is 16.1 Å². The first-order chi connectivity index (χ1) is 13.0. The predicted octanol–water partition coefficient (Wildman–Crippen LogP) is 3.96. The van der Waals surface area contributed by atoms with E-state index in [0.29, 0.717) is 28.2 Å². The summed E-state index contributed by atoms with van der Waals surface area (Å²) in [6, 6.07) is 15.4. The summed E-state index contributed by atoms with van der Waals surface area (Å²) in [7, 11) is 1.57. The van der Waals surface area contributed by atoms with Crippen LogP contribution in [-0.2, 0) is 6.42 Å². The molecule has 6 heteroatoms. The van der Waals surface area contributed by atoms with Crippen molar-refractivity contribution in [3.63, 3.8) is 0 Å². The molecule has 138 valence electrons. The third-order valence-electron chi connectivity index (χ3n) is 4.22. The Kier molecular flexibility index (Phi) is 5.66. The van der Waals surface area contributed by atoms with Crippen molar-refractivity contribution >= 4 is 28.8 Å². The van der Waals surface area contributed by atoms with Crippen molar-refractivity contribution in [3.05, 3.63) is 80.8 Å². The zero-order valence-corrected chi connectivity index (χ0v) is 16.3. The highest BCUT2D eigenvalue weighted by molar-refractivity contribution is 7.14. The van der Waals surface area contributed by atoms with Gasteiger partial charge < -0.3 is 10.6 Å². The average Bonchev–Trinajstić information content (AvgIpc) is 3.02. The summed E-state index contributed by atoms with van der Waals surface area (Å²) in [5, 5.41) is 6.38. The highest BCUT2D eigenvalue weighted by atomic mass is 32.1. The van der Waals surface area contributed by atoms with Crippen LogP contribution in [0.5, 0.6) is 0 Å². The molecule has 0 bridgehead atoms. The van der Waals surface area contributed by atoms with Crippen molar-refractivity contribution in [2.45, 2.75) is 20.3 Å². The second kappa shape index (κ2) is 8.14. The van der Waals surface area contributed by atoms with Gasteiger partial charge in [-0.25, -0.2) is 4.98 Å². The normalized spacial score (nSPS) is 10.5. The standard InChI is InChI=1S/C21H21N3O2S/c1-13-8-7-11-16(18(13)20(25)22-3)24-21(26)19-14(2)23-17(27-19)12-15-9-5-4-6-10-15/h4-11H,12H2,1-3H3,(H,22,25)(H,24,26). The molecule has 2 aromatic carbocycles. The summed E-state index contributed by atoms with van der Waals surface area (Å²) in [6.07, 6.45) is 0.688. The number of hydrogen-bond donors (Lipinski definition) is 2. The maximum atomic E-state index is 12.8. The molecule has 0 radical (unpaired) electrons. The first-order valence-electron chi connectivity index (χ1n) is 8.63. The lowest BCUT2D eigenvalue weighted by Gasteiger charge is -2.12. The number of aryl methyl sites for hydroxylation is 2. The van der Waals surface area contributed by atoms with E-state index in [1.165, 1.54) is 11.3 Å². The molecule has 3 rings (SSSR count). The fourth-order valence-electron chi connectivity index (χ4n) is 2.89. The van der Waals surface area contributed by atoms with Crippen LogP contribution >= 0.6 is 11.3 Å². The lowest BCUT2D eigenvalue weighted by Crippen LogP contribution is -2.22. The Bertz CT molecular complexity index is 980. The van der Waals surface area contributed by atoms with E-state index in [9.17, 15) is 9.59 Å². The predicted molar refractivity (Wildman–Crippen MR) is 109 cm³/mol. The molecule has 0 saturated heterocycles. The number of aromatic nitrogens is 1. The number of rotatable bonds is 5. The van der Waals surface area contributed by atoms with Crippen LogP contribution < -0.4 is 10.6 Å². The van der Waals surface area contributed by atoms with Gasteiger partial charge >= 0.3 is 0 Å². The van der Waals surface area contributed by atoms with Gasteiger partial charge in [-0.3, -0.25) is 9.59 Å². The molecule has 0 unspecified atom stereocenters. The highest BCUT2D eigenvalue weighted by Crippen LogP contribution is 2.24. The Morgan fingerprint density at radius 3 is 2.44 bits per heavy atom. The van der Waals surface area contributed by atoms with E-state index >= 15 is 0 Å². The highest BCUT2D eigenvalue weighted by Gasteiger charge is 2.19. The van der Waals surface area contributed by atoms with E-state index < -0.39 is 0 Å². The Hall–Kier alpha value is -2.99. The van der Waals surface area contributed by atoms with Gasteiger partial charge in [-0.2, -0.15) is 0 Å². The summed E-state index contributed by atoms with van der Waals surface area (Å²) in [6.45, 7) is 3.67. The second-order valence-corrected chi connectivity index (χ2v) is 7.30. The van der Waals surface area contributed by atoms with Gasteiger partial charge in [0.2, 0.25) is 0 Å². The summed E-state index contributed by atoms with van der Waals surface area (Å²) in [4.78, 5) is 30.1. The topological polar surface area (TPSA) is 71.1 Å². The molecule has 0 aliphatic carbocycles. The molecule has 1 heterocycles. The molecule has 2 N–H and O–H groups in total. The van der Waals surface area contributed by atoms with Gasteiger partial charge in [0, 0.05) is 13.5 Å². The van der Waals surface area contributed by atoms with Crippen molar-refractivity contribution in [1.82, 2.24) is 10.3 Å². The van der Waals surface area contributed by atoms with Crippen LogP contribution in [0.25, 0.3) is 0 Å². The van der Waals surface area contributed by atoms with E-state index in [4.69, 9.17) is 0 Å². The number of carbonyl (C=O) groups excluding carboxylic acids is 2. The molecule has 1 aromatic heterocycles. The summed E-state index contributed by atoms with van der Waals surface area (Å²) >= 11 is 1.38. The third-order valence-corrected chi connectivity index (χ3v) is 5.38. The summed E-state index contributed by atoms with van der Waals surface area (Å²) < 4.78 is 0. The number of amides is 2. The third kappa shape index (κ3) is 4.23. The van der Waals surface area contributed by atoms with Gasteiger partial charge in [-0.1, -0.05) is 42.5 Å². The SMILES string of the molecule is CNC(=O)c1c(C)cccc1NC(=O)c1sc(Cc2ccccc2)nc1C. The van der Waals surface area contributed by atoms with E-state index in [2.05, 4.69) is 15.6 Å². The van der Waals surface area contributed by atoms with Gasteiger partial charge in [0.25, 0.3) is 11.8 Å². The molecular weight excluding hydrogens is 358 g/mol. The maximum absolute atomic E-state index is 12.8. The van der Waals surface area contributed by atoms with E-state index in [1.54, 1.807) is 13.1 Å². The minimum absolute atomic E-state index is 0.228. The lowest BCUT2D eigenvalue weighted by atomic mass is 10.1. The molecule has 0 atom stereocenters. The molecule has 0 fully saturated rings. The van der Waals surface area contributed by atoms with Crippen molar-refractivity contribution < 1.29 is 9.59 Å². The van der Waals surface area contributed by atoms with Gasteiger partial charge in [0.1, 0.15) is 4.88 Å². The average molecular weight is 379 g/mol. The number of carbonyl (C=O) groups is 2. The monoisotopic (exact) mass is 379 g/mol. The van der Waals surface area contributed by atoms with Crippen LogP contribution in [0.1, 0.15) is 41.9 Å². The molecule has 5 nitrogen and oxygen atoms in total. The molecule has 2 amide bonds. The van der Waals surface area contributed by atoms with Crippen LogP contribution in [0.3, 0.4) is 0 Å². The molecule has 0 aliphatic heterocycles. The molecule has 0 saturated carbocycles. The van der Waals surface area contributed by atoms with Gasteiger partial charge in [0.05, 0.1) is 22.0 Å². The van der Waals surface area contributed by atoms with Crippen molar-refractivity contribution in [2.75, 3.05) is 12.4 Å². The zero-order chi connectivity index (χ0) is 19.4. The largest absolute Gasteiger partial charge is 0.355 e. The second-order valence-electron chi connectivity index (χ2n) is 6.22. The number of thiazole rings is 1. The molecule has 3 aromatic rings. The summed E-state index contributed by atoms with van der Waals surface area (Å²) in [5.74, 6) is -0.478. The number of benzene rings is 2. The Morgan fingerprint density at radius 1 is 1.00 bits per heavy atom. The first-order valence-corrected chi connectivity index (χ1v) is 9.44. The smallest absolute Gasteiger partial charge is 0.267 e. The molecule has 27 heavy (non-hydrogen) atoms. The number of hydrogen-bond acceptors (Lipinski definition) is 4. The number of nitrogens with zero attached hydrogens (tertiary/aromatic N) is 1. The Balaban J connectivity index is 1.84. The molecule has 0 spiro atoms. The van der Waals surface area contributed by atoms with Crippen LogP contribution in [0.2, 0.25) is 0 Å². The molecule has 0 aliphatic rings. The Morgan fingerprint density at radius 2 is 1.74 bits per heavy atom. The minimum Gasteiger partial charge on any atom is -0.355 e. The van der Waals surface area contributed by atoms with Crippen LogP contribution in [0, 0.1) is 13.8 Å². The minimum atomic E-state index is -0.250. The van der Waals surface area contributed by atoms with Crippen LogP contribution in [0.15, 0.2) is 48.5 Å². The van der Waals surface area contributed by atoms with Gasteiger partial charge in [-0.05, 0) is 31.0 Å². The van der Waals surface area contributed by atoms with Gasteiger partial charge in [0.15, 0.2) is 0 Å². The maximum Gasteiger partial charge on any atom is 0.267 e. The van der Waals surface area contributed by atoms with E-state index in [1.807, 2.05) is 56.3 Å². The fourth-order valence-corrected chi connectivity index (χ4v) is 3.88. The summed E-state index contributed by atoms with van der Waals surface area (Å²) in [5.41, 5.74) is 3.62. The van der Waals surface area contributed by atoms with Crippen LogP contribution in [0.4, 0.5) is 5.69 Å². The molecular formula is C21H21N3O2S.